The van der Waals surface area contributed by atoms with E-state index in [1.165, 1.54) is 11.3 Å². The summed E-state index contributed by atoms with van der Waals surface area (Å²) < 4.78 is 0. The lowest BCUT2D eigenvalue weighted by Crippen LogP contribution is -2.06. The fraction of sp³-hybridized carbons (Fsp3) is 0.143. The topological polar surface area (TPSA) is 115 Å². The van der Waals surface area contributed by atoms with Gasteiger partial charge in [0.05, 0.1) is 6.42 Å². The molecular formula is C14H12N3O4S. The van der Waals surface area contributed by atoms with Crippen molar-refractivity contribution in [1.29, 1.82) is 0 Å². The van der Waals surface area contributed by atoms with Crippen molar-refractivity contribution in [2.24, 2.45) is 5.16 Å². The van der Waals surface area contributed by atoms with Crippen LogP contribution >= 0.6 is 11.3 Å². The van der Waals surface area contributed by atoms with Gasteiger partial charge in [-0.05, 0) is 11.1 Å². The van der Waals surface area contributed by atoms with E-state index in [4.69, 9.17) is 15.7 Å². The Hall–Kier alpha value is -2.74. The van der Waals surface area contributed by atoms with Gasteiger partial charge in [0.25, 0.3) is 6.29 Å². The molecule has 1 aromatic heterocycles. The fourth-order valence-electron chi connectivity index (χ4n) is 1.71. The largest absolute Gasteiger partial charge is 0.481 e. The summed E-state index contributed by atoms with van der Waals surface area (Å²) in [5, 5.41) is 14.4. The van der Waals surface area contributed by atoms with Gasteiger partial charge in [-0.3, -0.25) is 9.59 Å². The van der Waals surface area contributed by atoms with Gasteiger partial charge in [0.1, 0.15) is 12.3 Å². The van der Waals surface area contributed by atoms with Crippen LogP contribution in [0.15, 0.2) is 34.8 Å². The average molecular weight is 318 g/mol. The zero-order valence-electron chi connectivity index (χ0n) is 11.4. The van der Waals surface area contributed by atoms with Gasteiger partial charge in [-0.25, -0.2) is 4.98 Å². The predicted octanol–water partition coefficient (Wildman–Crippen LogP) is 1.38. The van der Waals surface area contributed by atoms with Gasteiger partial charge in [0.15, 0.2) is 10.8 Å². The summed E-state index contributed by atoms with van der Waals surface area (Å²) in [6.07, 6.45) is 1.52. The number of nitrogen functional groups attached to an aromatic ring is 1. The molecule has 1 heterocycles. The minimum absolute atomic E-state index is 0.0360. The molecule has 3 N–H and O–H groups in total. The third kappa shape index (κ3) is 4.13. The molecule has 22 heavy (non-hydrogen) atoms. The summed E-state index contributed by atoms with van der Waals surface area (Å²) in [5.74, 6) is -0.934. The SMILES string of the molecule is Nc1nc(/C([C]=O)=N\OCc2ccccc2CC(=O)O)cs1. The highest BCUT2D eigenvalue weighted by Crippen LogP contribution is 2.13. The second-order valence-electron chi connectivity index (χ2n) is 4.23. The van der Waals surface area contributed by atoms with Crippen LogP contribution in [0.3, 0.4) is 0 Å². The summed E-state index contributed by atoms with van der Waals surface area (Å²) in [6.45, 7) is 0.0360. The van der Waals surface area contributed by atoms with Crippen molar-refractivity contribution < 1.29 is 19.5 Å². The van der Waals surface area contributed by atoms with Crippen molar-refractivity contribution in [2.45, 2.75) is 13.0 Å². The molecule has 0 bridgehead atoms. The van der Waals surface area contributed by atoms with Gasteiger partial charge >= 0.3 is 5.97 Å². The number of oxime groups is 1. The van der Waals surface area contributed by atoms with Crippen LogP contribution in [0.5, 0.6) is 0 Å². The number of carbonyl (C=O) groups excluding carboxylic acids is 1. The lowest BCUT2D eigenvalue weighted by molar-refractivity contribution is -0.136. The number of benzene rings is 1. The molecule has 113 valence electrons. The molecule has 0 atom stereocenters. The Morgan fingerprint density at radius 1 is 1.41 bits per heavy atom. The number of carbonyl (C=O) groups is 1. The highest BCUT2D eigenvalue weighted by Gasteiger charge is 2.10. The van der Waals surface area contributed by atoms with Gasteiger partial charge in [0, 0.05) is 5.38 Å². The van der Waals surface area contributed by atoms with E-state index in [0.717, 1.165) is 0 Å². The first kappa shape index (κ1) is 15.6. The van der Waals surface area contributed by atoms with E-state index in [0.29, 0.717) is 16.3 Å². The van der Waals surface area contributed by atoms with Gasteiger partial charge in [-0.2, -0.15) is 0 Å². The highest BCUT2D eigenvalue weighted by atomic mass is 32.1. The molecular weight excluding hydrogens is 306 g/mol. The smallest absolute Gasteiger partial charge is 0.307 e. The Morgan fingerprint density at radius 3 is 2.73 bits per heavy atom. The summed E-state index contributed by atoms with van der Waals surface area (Å²) >= 11 is 1.17. The maximum Gasteiger partial charge on any atom is 0.307 e. The van der Waals surface area contributed by atoms with Crippen LogP contribution in [0.4, 0.5) is 5.13 Å². The number of carboxylic acid groups (broad SMARTS) is 1. The first-order valence-corrected chi connectivity index (χ1v) is 7.06. The lowest BCUT2D eigenvalue weighted by atomic mass is 10.1. The van der Waals surface area contributed by atoms with Crippen molar-refractivity contribution in [3.05, 3.63) is 46.5 Å². The van der Waals surface area contributed by atoms with E-state index < -0.39 is 5.97 Å². The predicted molar refractivity (Wildman–Crippen MR) is 81.3 cm³/mol. The molecule has 0 unspecified atom stereocenters. The molecule has 0 spiro atoms. The summed E-state index contributed by atoms with van der Waals surface area (Å²) in [7, 11) is 0. The molecule has 2 aromatic rings. The Bertz CT molecular complexity index is 712. The van der Waals surface area contributed by atoms with Crippen LogP contribution in [0, 0.1) is 0 Å². The van der Waals surface area contributed by atoms with Gasteiger partial charge in [0.2, 0.25) is 0 Å². The minimum Gasteiger partial charge on any atom is -0.481 e. The summed E-state index contributed by atoms with van der Waals surface area (Å²) in [6, 6.07) is 6.94. The molecule has 0 saturated heterocycles. The van der Waals surface area contributed by atoms with Crippen LogP contribution in [0.1, 0.15) is 16.8 Å². The Balaban J connectivity index is 2.08. The van der Waals surface area contributed by atoms with Crippen LogP contribution < -0.4 is 5.73 Å². The number of hydrogen-bond acceptors (Lipinski definition) is 7. The second-order valence-corrected chi connectivity index (χ2v) is 5.12. The van der Waals surface area contributed by atoms with E-state index in [1.54, 1.807) is 35.9 Å². The summed E-state index contributed by atoms with van der Waals surface area (Å²) in [4.78, 5) is 30.7. The molecule has 2 rings (SSSR count). The highest BCUT2D eigenvalue weighted by molar-refractivity contribution is 7.13. The van der Waals surface area contributed by atoms with Crippen molar-refractivity contribution in [3.8, 4) is 0 Å². The zero-order valence-corrected chi connectivity index (χ0v) is 12.2. The number of nitrogens with zero attached hydrogens (tertiary/aromatic N) is 2. The molecule has 0 aliphatic carbocycles. The molecule has 0 amide bonds. The number of aliphatic carboxylic acids is 1. The second kappa shape index (κ2) is 7.32. The van der Waals surface area contributed by atoms with Gasteiger partial charge < -0.3 is 15.7 Å². The third-order valence-corrected chi connectivity index (χ3v) is 3.37. The molecule has 1 radical (unpaired) electrons. The van der Waals surface area contributed by atoms with Gasteiger partial charge in [-0.15, -0.1) is 11.3 Å². The van der Waals surface area contributed by atoms with Crippen LogP contribution in [0.2, 0.25) is 0 Å². The quantitative estimate of drug-likeness (QED) is 0.589. The van der Waals surface area contributed by atoms with Crippen LogP contribution in [0.25, 0.3) is 0 Å². The molecule has 7 nitrogen and oxygen atoms in total. The monoisotopic (exact) mass is 318 g/mol. The van der Waals surface area contributed by atoms with E-state index in [2.05, 4.69) is 10.1 Å². The van der Waals surface area contributed by atoms with Gasteiger partial charge in [-0.1, -0.05) is 29.4 Å². The number of aromatic nitrogens is 1. The molecule has 0 aliphatic heterocycles. The number of carboxylic acids is 1. The molecule has 0 aliphatic rings. The van der Waals surface area contributed by atoms with Crippen molar-refractivity contribution >= 4 is 34.4 Å². The Kier molecular flexibility index (Phi) is 5.21. The van der Waals surface area contributed by atoms with Crippen LogP contribution in [-0.4, -0.2) is 28.1 Å². The number of nitrogens with two attached hydrogens (primary N) is 1. The Labute approximate surface area is 130 Å². The average Bonchev–Trinajstić information content (AvgIpc) is 2.91. The normalized spacial score (nSPS) is 11.2. The molecule has 0 saturated carbocycles. The van der Waals surface area contributed by atoms with Crippen molar-refractivity contribution in [3.63, 3.8) is 0 Å². The van der Waals surface area contributed by atoms with E-state index in [9.17, 15) is 9.59 Å². The molecule has 0 fully saturated rings. The number of hydrogen-bond donors (Lipinski definition) is 2. The lowest BCUT2D eigenvalue weighted by Gasteiger charge is -2.06. The maximum atomic E-state index is 10.9. The standard InChI is InChI=1S/C14H12N3O4S/c15-14-16-12(8-22-14)11(6-18)17-21-7-10-4-2-1-3-9(10)5-13(19)20/h1-4,8H,5,7H2,(H2,15,16)(H,19,20)/b17-11-. The zero-order chi connectivity index (χ0) is 15.9. The van der Waals surface area contributed by atoms with E-state index >= 15 is 0 Å². The fourth-order valence-corrected chi connectivity index (χ4v) is 2.26. The molecule has 1 aromatic carbocycles. The number of thiazole rings is 1. The summed E-state index contributed by atoms with van der Waals surface area (Å²) in [5.41, 5.74) is 6.98. The number of anilines is 1. The molecule has 8 heteroatoms. The first-order valence-electron chi connectivity index (χ1n) is 6.18. The maximum absolute atomic E-state index is 10.9. The first-order chi connectivity index (χ1) is 10.6. The number of rotatable bonds is 7. The Morgan fingerprint density at radius 2 is 2.14 bits per heavy atom. The van der Waals surface area contributed by atoms with Crippen LogP contribution in [-0.2, 0) is 27.5 Å². The van der Waals surface area contributed by atoms with E-state index in [1.807, 2.05) is 0 Å². The van der Waals surface area contributed by atoms with E-state index in [-0.39, 0.29) is 24.4 Å². The van der Waals surface area contributed by atoms with Crippen molar-refractivity contribution in [2.75, 3.05) is 5.73 Å². The van der Waals surface area contributed by atoms with Crippen molar-refractivity contribution in [1.82, 2.24) is 4.98 Å². The third-order valence-electron chi connectivity index (χ3n) is 2.70. The minimum atomic E-state index is -0.934.